The summed E-state index contributed by atoms with van der Waals surface area (Å²) in [4.78, 5) is 81.5. The Hall–Kier alpha value is -4.08. The van der Waals surface area contributed by atoms with Crippen molar-refractivity contribution in [3.8, 4) is 11.1 Å². The van der Waals surface area contributed by atoms with Crippen molar-refractivity contribution < 1.29 is 43.2 Å². The van der Waals surface area contributed by atoms with Crippen LogP contribution < -0.4 is 22.1 Å². The number of hydrogen-bond acceptors (Lipinski definition) is 11. The largest absolute Gasteiger partial charge is 0.461 e. The second kappa shape index (κ2) is 25.9. The zero-order chi connectivity index (χ0) is 50.5. The smallest absolute Gasteiger partial charge is 0.405 e. The van der Waals surface area contributed by atoms with Gasteiger partial charge < -0.3 is 36.5 Å². The maximum atomic E-state index is 13.9. The third kappa shape index (κ3) is 14.7. The number of unbranched alkanes of at least 4 members (excludes halogenated alkanes) is 3. The van der Waals surface area contributed by atoms with Crippen LogP contribution in [0.5, 0.6) is 0 Å². The Bertz CT molecular complexity index is 2040. The van der Waals surface area contributed by atoms with Crippen LogP contribution in [-0.4, -0.2) is 90.2 Å². The standard InChI is InChI=1S/C55H83BN4O9/c1-8-9-15-38-20-22-39(23-21-38)40-24-26-41(27-25-40)46(63)19-14-17-44(62)32-42(16-10-12-28-57)53(67)60-51(37(4)61)48(65)30-35(2)52(66)59-45(18-11-13-29-58)47(64)31-36(3)56-68-50-34-43-33-49(54(43,5)6)55(50,7)69-56/h20-27,35-37,42-43,45,49-51,61H,8-19,28-34,57-58H2,1-7H3,(H,59,66)(H,60,67)/t35-,36-,37?,42-,43+,45+,49+,50?,51+,55+/m1/s1. The lowest BCUT2D eigenvalue weighted by Crippen LogP contribution is -2.65. The molecule has 2 aromatic carbocycles. The van der Waals surface area contributed by atoms with Crippen LogP contribution in [0.4, 0.5) is 0 Å². The lowest BCUT2D eigenvalue weighted by Gasteiger charge is -2.64. The predicted molar refractivity (Wildman–Crippen MR) is 271 cm³/mol. The second-order valence-corrected chi connectivity index (χ2v) is 21.5. The van der Waals surface area contributed by atoms with Crippen molar-refractivity contribution >= 4 is 42.1 Å². The van der Waals surface area contributed by atoms with Crippen molar-refractivity contribution in [3.05, 3.63) is 59.7 Å². The molecular formula is C55H83BN4O9. The summed E-state index contributed by atoms with van der Waals surface area (Å²) in [6, 6.07) is 13.9. The van der Waals surface area contributed by atoms with E-state index in [1.807, 2.05) is 31.2 Å². The zero-order valence-electron chi connectivity index (χ0n) is 42.7. The van der Waals surface area contributed by atoms with Crippen molar-refractivity contribution in [1.82, 2.24) is 10.6 Å². The Morgan fingerprint density at radius 3 is 2.00 bits per heavy atom. The van der Waals surface area contributed by atoms with Crippen LogP contribution in [0.3, 0.4) is 0 Å². The topological polar surface area (TPSA) is 217 Å². The van der Waals surface area contributed by atoms with Crippen LogP contribution in [-0.2, 0) is 39.7 Å². The molecule has 2 unspecified atom stereocenters. The molecule has 2 amide bonds. The maximum Gasteiger partial charge on any atom is 0.461 e. The molecule has 1 heterocycles. The van der Waals surface area contributed by atoms with E-state index in [1.165, 1.54) is 12.5 Å². The number of rotatable bonds is 31. The van der Waals surface area contributed by atoms with Crippen LogP contribution in [0.2, 0.25) is 5.82 Å². The minimum absolute atomic E-state index is 0.0107. The molecule has 2 aromatic rings. The fourth-order valence-electron chi connectivity index (χ4n) is 11.0. The SMILES string of the molecule is CCCCc1ccc(-c2ccc(C(=O)CCCC(=O)C[C@@H](CCCCN)C(=O)N[C@H](C(=O)C[C@@H](C)C(=O)N[C@@H](CCCCN)C(=O)C[C@@H](C)B3OC4C[C@@H]5C[C@@H](C5(C)C)[C@]4(C)O3)C(C)O)cc2)cc1. The van der Waals surface area contributed by atoms with E-state index in [2.05, 4.69) is 62.6 Å². The molecule has 13 nitrogen and oxygen atoms in total. The quantitative estimate of drug-likeness (QED) is 0.0278. The van der Waals surface area contributed by atoms with E-state index in [9.17, 15) is 33.9 Å². The van der Waals surface area contributed by atoms with E-state index in [0.717, 1.165) is 43.2 Å². The molecule has 380 valence electrons. The molecule has 69 heavy (non-hydrogen) atoms. The summed E-state index contributed by atoms with van der Waals surface area (Å²) >= 11 is 0. The zero-order valence-corrected chi connectivity index (χ0v) is 42.7. The molecule has 1 aliphatic heterocycles. The minimum atomic E-state index is -1.33. The van der Waals surface area contributed by atoms with Gasteiger partial charge in [-0.2, -0.15) is 0 Å². The van der Waals surface area contributed by atoms with Gasteiger partial charge in [0.05, 0.1) is 23.9 Å². The summed E-state index contributed by atoms with van der Waals surface area (Å²) in [7, 11) is -0.531. The highest BCUT2D eigenvalue weighted by molar-refractivity contribution is 6.47. The summed E-state index contributed by atoms with van der Waals surface area (Å²) < 4.78 is 13.1. The molecule has 3 aliphatic carbocycles. The number of aryl methyl sites for hydroxylation is 1. The number of hydrogen-bond donors (Lipinski definition) is 5. The molecule has 4 fully saturated rings. The van der Waals surface area contributed by atoms with Crippen molar-refractivity contribution in [2.75, 3.05) is 13.1 Å². The van der Waals surface area contributed by atoms with Crippen molar-refractivity contribution in [2.24, 2.45) is 40.6 Å². The molecule has 0 radical (unpaired) electrons. The Morgan fingerprint density at radius 1 is 0.754 bits per heavy atom. The van der Waals surface area contributed by atoms with Crippen molar-refractivity contribution in [2.45, 2.75) is 193 Å². The molecular weight excluding hydrogens is 871 g/mol. The lowest BCUT2D eigenvalue weighted by molar-refractivity contribution is -0.199. The van der Waals surface area contributed by atoms with Crippen LogP contribution in [0.15, 0.2) is 48.5 Å². The van der Waals surface area contributed by atoms with Crippen LogP contribution >= 0.6 is 0 Å². The normalized spacial score (nSPS) is 22.8. The molecule has 7 N–H and O–H groups in total. The second-order valence-electron chi connectivity index (χ2n) is 21.5. The number of amides is 2. The third-order valence-corrected chi connectivity index (χ3v) is 15.7. The van der Waals surface area contributed by atoms with Crippen LogP contribution in [0.1, 0.15) is 167 Å². The van der Waals surface area contributed by atoms with Gasteiger partial charge in [-0.25, -0.2) is 0 Å². The minimum Gasteiger partial charge on any atom is -0.405 e. The van der Waals surface area contributed by atoms with Gasteiger partial charge in [0.2, 0.25) is 11.8 Å². The number of aliphatic hydroxyl groups excluding tert-OH is 1. The highest BCUT2D eigenvalue weighted by Crippen LogP contribution is 2.66. The first-order chi connectivity index (χ1) is 32.8. The molecule has 10 atom stereocenters. The first-order valence-electron chi connectivity index (χ1n) is 26.1. The van der Waals surface area contributed by atoms with E-state index >= 15 is 0 Å². The van der Waals surface area contributed by atoms with Crippen molar-refractivity contribution in [3.63, 3.8) is 0 Å². The van der Waals surface area contributed by atoms with E-state index in [4.69, 9.17) is 20.8 Å². The predicted octanol–water partition coefficient (Wildman–Crippen LogP) is 7.91. The number of ketones is 4. The number of carbonyl (C=O) groups is 6. The first kappa shape index (κ1) is 55.8. The summed E-state index contributed by atoms with van der Waals surface area (Å²) in [6.45, 7) is 14.7. The number of carbonyl (C=O) groups excluding carboxylic acids is 6. The molecule has 3 saturated carbocycles. The van der Waals surface area contributed by atoms with Gasteiger partial charge in [0.15, 0.2) is 17.3 Å². The monoisotopic (exact) mass is 955 g/mol. The number of aliphatic hydroxyl groups is 1. The fourth-order valence-corrected chi connectivity index (χ4v) is 11.0. The Kier molecular flexibility index (Phi) is 20.9. The van der Waals surface area contributed by atoms with E-state index < -0.39 is 60.3 Å². The first-order valence-corrected chi connectivity index (χ1v) is 26.1. The summed E-state index contributed by atoms with van der Waals surface area (Å²) in [5.41, 5.74) is 15.3. The molecule has 1 saturated heterocycles. The summed E-state index contributed by atoms with van der Waals surface area (Å²) in [5.74, 6) is -2.91. The maximum absolute atomic E-state index is 13.9. The summed E-state index contributed by atoms with van der Waals surface area (Å²) in [5, 5.41) is 16.3. The lowest BCUT2D eigenvalue weighted by atomic mass is 9.43. The number of Topliss-reactive ketones (excluding diaryl/α,β-unsaturated/α-hetero) is 4. The van der Waals surface area contributed by atoms with E-state index in [-0.39, 0.29) is 66.8 Å². The average Bonchev–Trinajstić information content (AvgIpc) is 3.69. The van der Waals surface area contributed by atoms with Gasteiger partial charge in [-0.05, 0) is 131 Å². The fraction of sp³-hybridized carbons (Fsp3) is 0.673. The van der Waals surface area contributed by atoms with E-state index in [1.54, 1.807) is 6.92 Å². The van der Waals surface area contributed by atoms with Gasteiger partial charge in [0.25, 0.3) is 0 Å². The third-order valence-electron chi connectivity index (χ3n) is 15.7. The number of nitrogens with two attached hydrogens (primary N) is 2. The molecule has 4 aliphatic rings. The van der Waals surface area contributed by atoms with Gasteiger partial charge in [-0.15, -0.1) is 0 Å². The molecule has 0 spiro atoms. The van der Waals surface area contributed by atoms with Gasteiger partial charge in [-0.1, -0.05) is 96.0 Å². The highest BCUT2D eigenvalue weighted by atomic mass is 16.7. The highest BCUT2D eigenvalue weighted by Gasteiger charge is 2.68. The molecule has 6 rings (SSSR count). The Balaban J connectivity index is 1.11. The van der Waals surface area contributed by atoms with Gasteiger partial charge >= 0.3 is 7.12 Å². The van der Waals surface area contributed by atoms with Crippen LogP contribution in [0, 0.1) is 29.1 Å². The number of nitrogens with one attached hydrogen (secondary N) is 2. The molecule has 0 aromatic heterocycles. The summed E-state index contributed by atoms with van der Waals surface area (Å²) in [6.07, 6.45) is 7.72. The molecule has 14 heteroatoms. The number of benzene rings is 2. The average molecular weight is 955 g/mol. The van der Waals surface area contributed by atoms with Gasteiger partial charge in [-0.3, -0.25) is 28.8 Å². The van der Waals surface area contributed by atoms with E-state index in [0.29, 0.717) is 75.4 Å². The molecule has 2 bridgehead atoms. The Morgan fingerprint density at radius 2 is 1.39 bits per heavy atom. The van der Waals surface area contributed by atoms with Crippen LogP contribution in [0.25, 0.3) is 11.1 Å². The van der Waals surface area contributed by atoms with Gasteiger partial charge in [0.1, 0.15) is 11.8 Å². The van der Waals surface area contributed by atoms with Gasteiger partial charge in [0, 0.05) is 49.5 Å². The van der Waals surface area contributed by atoms with Crippen molar-refractivity contribution in [1.29, 1.82) is 0 Å². The Labute approximate surface area is 412 Å².